The van der Waals surface area contributed by atoms with Crippen LogP contribution in [0.25, 0.3) is 11.0 Å². The van der Waals surface area contributed by atoms with Crippen LogP contribution in [-0.4, -0.2) is 30.8 Å². The number of hydrogen-bond acceptors (Lipinski definition) is 6. The van der Waals surface area contributed by atoms with Gasteiger partial charge in [0.2, 0.25) is 5.91 Å². The van der Waals surface area contributed by atoms with E-state index in [9.17, 15) is 14.4 Å². The van der Waals surface area contributed by atoms with Gasteiger partial charge in [-0.25, -0.2) is 14.8 Å². The lowest BCUT2D eigenvalue weighted by molar-refractivity contribution is -0.118. The van der Waals surface area contributed by atoms with Crippen molar-refractivity contribution in [2.75, 3.05) is 5.75 Å². The van der Waals surface area contributed by atoms with E-state index in [2.05, 4.69) is 15.3 Å². The maximum absolute atomic E-state index is 12.7. The molecule has 2 heterocycles. The smallest absolute Gasteiger partial charge is 0.332 e. The van der Waals surface area contributed by atoms with Gasteiger partial charge >= 0.3 is 5.69 Å². The van der Waals surface area contributed by atoms with Crippen molar-refractivity contribution in [2.45, 2.75) is 31.3 Å². The first kappa shape index (κ1) is 22.0. The normalized spacial score (nSPS) is 11.1. The third-order valence-electron chi connectivity index (χ3n) is 4.56. The van der Waals surface area contributed by atoms with Gasteiger partial charge in [-0.05, 0) is 18.1 Å². The number of nitrogens with one attached hydrogen (secondary N) is 1. The van der Waals surface area contributed by atoms with Gasteiger partial charge in [0.05, 0.1) is 5.75 Å². The van der Waals surface area contributed by atoms with Crippen molar-refractivity contribution in [3.05, 3.63) is 61.5 Å². The maximum Gasteiger partial charge on any atom is 0.332 e. The minimum atomic E-state index is -0.477. The molecule has 158 valence electrons. The summed E-state index contributed by atoms with van der Waals surface area (Å²) in [4.78, 5) is 46.3. The van der Waals surface area contributed by atoms with Gasteiger partial charge in [-0.1, -0.05) is 48.5 Å². The fourth-order valence-electron chi connectivity index (χ4n) is 2.93. The van der Waals surface area contributed by atoms with E-state index in [0.717, 1.165) is 28.3 Å². The van der Waals surface area contributed by atoms with Gasteiger partial charge in [-0.3, -0.25) is 18.7 Å². The molecule has 10 heteroatoms. The van der Waals surface area contributed by atoms with E-state index >= 15 is 0 Å². The van der Waals surface area contributed by atoms with Crippen LogP contribution in [0.4, 0.5) is 0 Å². The lowest BCUT2D eigenvalue weighted by Gasteiger charge is -2.12. The van der Waals surface area contributed by atoms with Gasteiger partial charge in [0, 0.05) is 32.1 Å². The van der Waals surface area contributed by atoms with Crippen LogP contribution in [0.3, 0.4) is 0 Å². The Morgan fingerprint density at radius 3 is 2.60 bits per heavy atom. The van der Waals surface area contributed by atoms with Crippen molar-refractivity contribution in [1.29, 1.82) is 0 Å². The molecular formula is C20H22ClN5O3S. The molecule has 0 aliphatic carbocycles. The number of carbonyl (C=O) groups is 1. The molecule has 0 radical (unpaired) electrons. The summed E-state index contributed by atoms with van der Waals surface area (Å²) in [7, 11) is 2.98. The largest absolute Gasteiger partial charge is 0.351 e. The number of fused-ring (bicyclic) bond motifs is 1. The third-order valence-corrected chi connectivity index (χ3v) is 5.90. The Hall–Kier alpha value is -2.65. The lowest BCUT2D eigenvalue weighted by atomic mass is 10.2. The van der Waals surface area contributed by atoms with Gasteiger partial charge in [-0.15, -0.1) is 0 Å². The highest BCUT2D eigenvalue weighted by Crippen LogP contribution is 2.22. The first-order chi connectivity index (χ1) is 14.3. The third kappa shape index (κ3) is 4.57. The Balaban J connectivity index is 1.87. The summed E-state index contributed by atoms with van der Waals surface area (Å²) in [5.41, 5.74) is 0.164. The first-order valence-electron chi connectivity index (χ1n) is 9.43. The van der Waals surface area contributed by atoms with Crippen molar-refractivity contribution < 1.29 is 4.79 Å². The molecule has 30 heavy (non-hydrogen) atoms. The Morgan fingerprint density at radius 2 is 1.90 bits per heavy atom. The molecule has 3 aromatic rings. The van der Waals surface area contributed by atoms with Gasteiger partial charge in [-0.2, -0.15) is 0 Å². The van der Waals surface area contributed by atoms with E-state index in [0.29, 0.717) is 28.8 Å². The summed E-state index contributed by atoms with van der Waals surface area (Å²) in [6.07, 6.45) is 1.42. The zero-order chi connectivity index (χ0) is 21.8. The number of halogens is 1. The SMILES string of the molecule is CCCc1nc(SCC(=O)NCc2ccccc2Cl)c2c(=O)n(C)c(=O)n(C)c2n1. The average molecular weight is 448 g/mol. The molecule has 0 unspecified atom stereocenters. The number of carbonyl (C=O) groups excluding carboxylic acids is 1. The van der Waals surface area contributed by atoms with Crippen LogP contribution in [0.15, 0.2) is 38.9 Å². The molecule has 1 amide bonds. The van der Waals surface area contributed by atoms with Crippen molar-refractivity contribution in [3.63, 3.8) is 0 Å². The second kappa shape index (κ2) is 9.44. The monoisotopic (exact) mass is 447 g/mol. The van der Waals surface area contributed by atoms with E-state index < -0.39 is 11.2 Å². The van der Waals surface area contributed by atoms with Gasteiger partial charge < -0.3 is 5.32 Å². The lowest BCUT2D eigenvalue weighted by Crippen LogP contribution is -2.38. The van der Waals surface area contributed by atoms with E-state index in [1.165, 1.54) is 11.6 Å². The second-order valence-electron chi connectivity index (χ2n) is 6.76. The molecule has 0 spiro atoms. The second-order valence-corrected chi connectivity index (χ2v) is 8.13. The number of rotatable bonds is 7. The fraction of sp³-hybridized carbons (Fsp3) is 0.350. The predicted octanol–water partition coefficient (Wildman–Crippen LogP) is 2.04. The average Bonchev–Trinajstić information content (AvgIpc) is 2.74. The maximum atomic E-state index is 12.7. The summed E-state index contributed by atoms with van der Waals surface area (Å²) < 4.78 is 2.35. The zero-order valence-electron chi connectivity index (χ0n) is 16.9. The summed E-state index contributed by atoms with van der Waals surface area (Å²) in [5, 5.41) is 4.04. The summed E-state index contributed by atoms with van der Waals surface area (Å²) >= 11 is 7.26. The van der Waals surface area contributed by atoms with E-state index in [4.69, 9.17) is 11.6 Å². The molecule has 1 N–H and O–H groups in total. The zero-order valence-corrected chi connectivity index (χ0v) is 18.5. The highest BCUT2D eigenvalue weighted by molar-refractivity contribution is 8.00. The van der Waals surface area contributed by atoms with Crippen molar-refractivity contribution in [3.8, 4) is 0 Å². The molecule has 0 fully saturated rings. The Kier molecular flexibility index (Phi) is 6.94. The number of aromatic nitrogens is 4. The molecule has 0 saturated carbocycles. The minimum absolute atomic E-state index is 0.0636. The predicted molar refractivity (Wildman–Crippen MR) is 118 cm³/mol. The van der Waals surface area contributed by atoms with Gasteiger partial charge in [0.1, 0.15) is 16.2 Å². The molecule has 1 aromatic carbocycles. The molecule has 0 aliphatic heterocycles. The Bertz CT molecular complexity index is 1220. The quantitative estimate of drug-likeness (QED) is 0.439. The standard InChI is InChI=1S/C20H22ClN5O3S/c1-4-7-14-23-17-16(19(28)26(3)20(29)25(17)2)18(24-14)30-11-15(27)22-10-12-8-5-6-9-13(12)21/h5-6,8-9H,4,7,10-11H2,1-3H3,(H,22,27). The number of thioether (sulfide) groups is 1. The van der Waals surface area contributed by atoms with Crippen LogP contribution >= 0.6 is 23.4 Å². The molecular weight excluding hydrogens is 426 g/mol. The van der Waals surface area contributed by atoms with E-state index in [1.54, 1.807) is 13.1 Å². The van der Waals surface area contributed by atoms with Crippen LogP contribution in [0.5, 0.6) is 0 Å². The van der Waals surface area contributed by atoms with Crippen molar-refractivity contribution in [2.24, 2.45) is 14.1 Å². The summed E-state index contributed by atoms with van der Waals surface area (Å²) in [5.74, 6) is 0.381. The number of benzene rings is 1. The van der Waals surface area contributed by atoms with E-state index in [-0.39, 0.29) is 22.7 Å². The van der Waals surface area contributed by atoms with Crippen LogP contribution in [-0.2, 0) is 31.9 Å². The molecule has 8 nitrogen and oxygen atoms in total. The number of amides is 1. The topological polar surface area (TPSA) is 98.9 Å². The fourth-order valence-corrected chi connectivity index (χ4v) is 4.00. The Labute approximate surface area is 182 Å². The molecule has 0 saturated heterocycles. The summed E-state index contributed by atoms with van der Waals surface area (Å²) in [6.45, 7) is 2.30. The molecule has 0 aliphatic rings. The van der Waals surface area contributed by atoms with Crippen molar-refractivity contribution in [1.82, 2.24) is 24.4 Å². The van der Waals surface area contributed by atoms with Crippen LogP contribution < -0.4 is 16.6 Å². The highest BCUT2D eigenvalue weighted by atomic mass is 35.5. The molecule has 3 rings (SSSR count). The number of hydrogen-bond donors (Lipinski definition) is 1. The first-order valence-corrected chi connectivity index (χ1v) is 10.8. The Morgan fingerprint density at radius 1 is 1.17 bits per heavy atom. The number of aryl methyl sites for hydroxylation is 2. The number of nitrogens with zero attached hydrogens (tertiary/aromatic N) is 4. The minimum Gasteiger partial charge on any atom is -0.351 e. The van der Waals surface area contributed by atoms with Crippen LogP contribution in [0.1, 0.15) is 24.7 Å². The van der Waals surface area contributed by atoms with Crippen LogP contribution in [0.2, 0.25) is 5.02 Å². The molecule has 0 atom stereocenters. The van der Waals surface area contributed by atoms with Gasteiger partial charge in [0.25, 0.3) is 5.56 Å². The van der Waals surface area contributed by atoms with Crippen LogP contribution in [0, 0.1) is 0 Å². The highest BCUT2D eigenvalue weighted by Gasteiger charge is 2.18. The van der Waals surface area contributed by atoms with Gasteiger partial charge in [0.15, 0.2) is 5.65 Å². The van der Waals surface area contributed by atoms with Crippen molar-refractivity contribution >= 4 is 40.3 Å². The summed E-state index contributed by atoms with van der Waals surface area (Å²) in [6, 6.07) is 7.28. The van der Waals surface area contributed by atoms with E-state index in [1.807, 2.05) is 25.1 Å². The molecule has 0 bridgehead atoms. The molecule has 2 aromatic heterocycles.